The van der Waals surface area contributed by atoms with E-state index in [1.54, 1.807) is 0 Å². The van der Waals surface area contributed by atoms with Gasteiger partial charge in [0.15, 0.2) is 0 Å². The molecule has 1 atom stereocenters. The first-order chi connectivity index (χ1) is 6.72. The first kappa shape index (κ1) is 11.3. The summed E-state index contributed by atoms with van der Waals surface area (Å²) in [4.78, 5) is 0. The van der Waals surface area contributed by atoms with Crippen LogP contribution in [-0.4, -0.2) is 28.2 Å². The molecule has 0 bridgehead atoms. The van der Waals surface area contributed by atoms with Crippen LogP contribution >= 0.6 is 11.8 Å². The van der Waals surface area contributed by atoms with Gasteiger partial charge in [-0.15, -0.1) is 5.10 Å². The number of nitrogens with zero attached hydrogens (tertiary/aromatic N) is 2. The summed E-state index contributed by atoms with van der Waals surface area (Å²) in [6.45, 7) is 4.10. The van der Waals surface area contributed by atoms with Gasteiger partial charge in [-0.05, 0) is 44.4 Å². The summed E-state index contributed by atoms with van der Waals surface area (Å²) in [5.74, 6) is 2.04. The van der Waals surface area contributed by atoms with Crippen LogP contribution in [0.4, 0.5) is 5.82 Å². The normalized spacial score (nSPS) is 12.5. The zero-order valence-electron chi connectivity index (χ0n) is 8.95. The van der Waals surface area contributed by atoms with Crippen molar-refractivity contribution in [1.82, 2.24) is 10.2 Å². The fraction of sp³-hybridized carbons (Fsp3) is 0.600. The Balaban J connectivity index is 2.39. The van der Waals surface area contributed by atoms with Gasteiger partial charge in [-0.25, -0.2) is 0 Å². The Morgan fingerprint density at radius 1 is 1.43 bits per heavy atom. The minimum atomic E-state index is 0.458. The fourth-order valence-corrected chi connectivity index (χ4v) is 1.68. The number of nitrogens with one attached hydrogen (secondary N) is 1. The molecule has 4 heteroatoms. The molecule has 1 heterocycles. The lowest BCUT2D eigenvalue weighted by molar-refractivity contribution is 0.761. The van der Waals surface area contributed by atoms with Crippen molar-refractivity contribution in [2.75, 3.05) is 17.3 Å². The highest BCUT2D eigenvalue weighted by molar-refractivity contribution is 7.98. The van der Waals surface area contributed by atoms with E-state index in [1.165, 1.54) is 5.75 Å². The molecule has 0 aliphatic heterocycles. The Bertz CT molecular complexity index is 261. The lowest BCUT2D eigenvalue weighted by atomic mass is 10.2. The van der Waals surface area contributed by atoms with Gasteiger partial charge < -0.3 is 5.32 Å². The molecule has 0 radical (unpaired) electrons. The smallest absolute Gasteiger partial charge is 0.148 e. The molecule has 0 amide bonds. The highest BCUT2D eigenvalue weighted by Crippen LogP contribution is 2.07. The zero-order valence-corrected chi connectivity index (χ0v) is 9.77. The van der Waals surface area contributed by atoms with Crippen molar-refractivity contribution in [2.45, 2.75) is 26.3 Å². The van der Waals surface area contributed by atoms with Crippen LogP contribution in [0.2, 0.25) is 0 Å². The Hall–Kier alpha value is -0.770. The molecule has 1 rings (SSSR count). The summed E-state index contributed by atoms with van der Waals surface area (Å²) in [5, 5.41) is 11.4. The van der Waals surface area contributed by atoms with E-state index in [-0.39, 0.29) is 0 Å². The molecule has 0 spiro atoms. The van der Waals surface area contributed by atoms with Crippen LogP contribution in [0.15, 0.2) is 12.1 Å². The van der Waals surface area contributed by atoms with Crippen LogP contribution in [0, 0.1) is 6.92 Å². The van der Waals surface area contributed by atoms with Gasteiger partial charge in [0, 0.05) is 6.04 Å². The SMILES string of the molecule is CSCCC(C)Nc1ccc(C)nn1. The molecule has 0 saturated heterocycles. The predicted molar refractivity (Wildman–Crippen MR) is 62.9 cm³/mol. The molecule has 1 unspecified atom stereocenters. The second-order valence-electron chi connectivity index (χ2n) is 3.39. The van der Waals surface area contributed by atoms with Crippen LogP contribution in [0.3, 0.4) is 0 Å². The molecular formula is C10H17N3S. The highest BCUT2D eigenvalue weighted by atomic mass is 32.2. The molecule has 0 aliphatic carbocycles. The number of anilines is 1. The number of aryl methyl sites for hydroxylation is 1. The van der Waals surface area contributed by atoms with E-state index < -0.39 is 0 Å². The Morgan fingerprint density at radius 2 is 2.21 bits per heavy atom. The average molecular weight is 211 g/mol. The maximum atomic E-state index is 4.06. The van der Waals surface area contributed by atoms with Crippen LogP contribution in [-0.2, 0) is 0 Å². The third-order valence-corrected chi connectivity index (χ3v) is 2.59. The molecule has 0 aromatic carbocycles. The van der Waals surface area contributed by atoms with Crippen molar-refractivity contribution in [3.8, 4) is 0 Å². The van der Waals surface area contributed by atoms with E-state index >= 15 is 0 Å². The van der Waals surface area contributed by atoms with Gasteiger partial charge in [-0.1, -0.05) is 0 Å². The standard InChI is InChI=1S/C10H17N3S/c1-8(6-7-14-3)11-10-5-4-9(2)12-13-10/h4-5,8H,6-7H2,1-3H3,(H,11,13). The minimum Gasteiger partial charge on any atom is -0.366 e. The largest absolute Gasteiger partial charge is 0.366 e. The Kier molecular flexibility index (Phi) is 4.73. The lowest BCUT2D eigenvalue weighted by Gasteiger charge is -2.12. The average Bonchev–Trinajstić information content (AvgIpc) is 2.18. The van der Waals surface area contributed by atoms with Crippen molar-refractivity contribution in [1.29, 1.82) is 0 Å². The van der Waals surface area contributed by atoms with Crippen molar-refractivity contribution in [3.63, 3.8) is 0 Å². The van der Waals surface area contributed by atoms with E-state index in [9.17, 15) is 0 Å². The summed E-state index contributed by atoms with van der Waals surface area (Å²) < 4.78 is 0. The van der Waals surface area contributed by atoms with E-state index in [1.807, 2.05) is 30.8 Å². The maximum Gasteiger partial charge on any atom is 0.148 e. The molecule has 3 nitrogen and oxygen atoms in total. The molecule has 1 aromatic heterocycles. The topological polar surface area (TPSA) is 37.8 Å². The Labute approximate surface area is 89.7 Å². The highest BCUT2D eigenvalue weighted by Gasteiger charge is 2.02. The quantitative estimate of drug-likeness (QED) is 0.811. The van der Waals surface area contributed by atoms with Gasteiger partial charge in [0.1, 0.15) is 5.82 Å². The van der Waals surface area contributed by atoms with E-state index in [4.69, 9.17) is 0 Å². The fourth-order valence-electron chi connectivity index (χ4n) is 1.10. The van der Waals surface area contributed by atoms with Gasteiger partial charge in [0.05, 0.1) is 5.69 Å². The number of thioether (sulfide) groups is 1. The molecule has 0 fully saturated rings. The van der Waals surface area contributed by atoms with Gasteiger partial charge in [-0.3, -0.25) is 0 Å². The van der Waals surface area contributed by atoms with Gasteiger partial charge in [-0.2, -0.15) is 16.9 Å². The minimum absolute atomic E-state index is 0.458. The van der Waals surface area contributed by atoms with Gasteiger partial charge >= 0.3 is 0 Å². The van der Waals surface area contributed by atoms with Crippen LogP contribution < -0.4 is 5.32 Å². The maximum absolute atomic E-state index is 4.06. The van der Waals surface area contributed by atoms with Crippen LogP contribution in [0.25, 0.3) is 0 Å². The molecule has 0 saturated carbocycles. The Morgan fingerprint density at radius 3 is 2.79 bits per heavy atom. The first-order valence-electron chi connectivity index (χ1n) is 4.78. The van der Waals surface area contributed by atoms with E-state index in [2.05, 4.69) is 28.7 Å². The van der Waals surface area contributed by atoms with E-state index in [0.29, 0.717) is 6.04 Å². The third-order valence-electron chi connectivity index (χ3n) is 1.95. The number of hydrogen-bond donors (Lipinski definition) is 1. The number of rotatable bonds is 5. The molecule has 14 heavy (non-hydrogen) atoms. The van der Waals surface area contributed by atoms with Gasteiger partial charge in [0.25, 0.3) is 0 Å². The van der Waals surface area contributed by atoms with Gasteiger partial charge in [0.2, 0.25) is 0 Å². The van der Waals surface area contributed by atoms with Crippen LogP contribution in [0.1, 0.15) is 19.0 Å². The molecular weight excluding hydrogens is 194 g/mol. The monoisotopic (exact) mass is 211 g/mol. The summed E-state index contributed by atoms with van der Waals surface area (Å²) in [6, 6.07) is 4.40. The number of aromatic nitrogens is 2. The van der Waals surface area contributed by atoms with Crippen LogP contribution in [0.5, 0.6) is 0 Å². The zero-order chi connectivity index (χ0) is 10.4. The van der Waals surface area contributed by atoms with Crippen molar-refractivity contribution in [2.24, 2.45) is 0 Å². The number of hydrogen-bond acceptors (Lipinski definition) is 4. The predicted octanol–water partition coefficient (Wildman–Crippen LogP) is 2.34. The second kappa shape index (κ2) is 5.86. The molecule has 1 N–H and O–H groups in total. The summed E-state index contributed by atoms with van der Waals surface area (Å²) in [7, 11) is 0. The summed E-state index contributed by atoms with van der Waals surface area (Å²) in [5.41, 5.74) is 0.951. The van der Waals surface area contributed by atoms with E-state index in [0.717, 1.165) is 17.9 Å². The summed E-state index contributed by atoms with van der Waals surface area (Å²) in [6.07, 6.45) is 3.27. The summed E-state index contributed by atoms with van der Waals surface area (Å²) >= 11 is 1.87. The second-order valence-corrected chi connectivity index (χ2v) is 4.37. The molecule has 0 aliphatic rings. The third kappa shape index (κ3) is 3.96. The van der Waals surface area contributed by atoms with Crippen molar-refractivity contribution < 1.29 is 0 Å². The van der Waals surface area contributed by atoms with Crippen molar-refractivity contribution in [3.05, 3.63) is 17.8 Å². The first-order valence-corrected chi connectivity index (χ1v) is 6.17. The van der Waals surface area contributed by atoms with Crippen molar-refractivity contribution >= 4 is 17.6 Å². The molecule has 78 valence electrons. The lowest BCUT2D eigenvalue weighted by Crippen LogP contribution is -2.17. The molecule has 1 aromatic rings.